The van der Waals surface area contributed by atoms with Crippen molar-refractivity contribution in [2.24, 2.45) is 5.14 Å². The van der Waals surface area contributed by atoms with Gasteiger partial charge in [-0.15, -0.1) is 0 Å². The number of nitrogens with two attached hydrogens (primary N) is 1. The normalized spacial score (nSPS) is 12.2. The fourth-order valence-electron chi connectivity index (χ4n) is 0.805. The van der Waals surface area contributed by atoms with Crippen LogP contribution in [0.15, 0.2) is 23.6 Å². The summed E-state index contributed by atoms with van der Waals surface area (Å²) in [5.41, 5.74) is 0.546. The zero-order chi connectivity index (χ0) is 10.8. The summed E-state index contributed by atoms with van der Waals surface area (Å²) in [7, 11) is -3.62. The van der Waals surface area contributed by atoms with Crippen LogP contribution in [-0.4, -0.2) is 8.42 Å². The van der Waals surface area contributed by atoms with E-state index in [0.717, 1.165) is 5.41 Å². The second-order valence-corrected chi connectivity index (χ2v) is 4.85. The number of hydrogen-bond acceptors (Lipinski definition) is 2. The third kappa shape index (κ3) is 3.67. The number of sulfonamides is 1. The summed E-state index contributed by atoms with van der Waals surface area (Å²) >= 11 is 11.4. The molecule has 0 amide bonds. The molecule has 0 fully saturated rings. The molecule has 0 unspecified atom stereocenters. The summed E-state index contributed by atoms with van der Waals surface area (Å²) in [6, 6.07) is 4.73. The van der Waals surface area contributed by atoms with E-state index in [2.05, 4.69) is 0 Å². The van der Waals surface area contributed by atoms with Gasteiger partial charge in [-0.2, -0.15) is 0 Å². The average molecular weight is 252 g/mol. The molecule has 1 rings (SSSR count). The van der Waals surface area contributed by atoms with Crippen molar-refractivity contribution in [1.82, 2.24) is 0 Å². The Balaban J connectivity index is 3.05. The Morgan fingerprint density at radius 2 is 1.93 bits per heavy atom. The topological polar surface area (TPSA) is 60.2 Å². The first-order valence-corrected chi connectivity index (χ1v) is 5.91. The van der Waals surface area contributed by atoms with Crippen LogP contribution in [0.3, 0.4) is 0 Å². The summed E-state index contributed by atoms with van der Waals surface area (Å²) in [6.45, 7) is 0. The Kier molecular flexibility index (Phi) is 3.55. The van der Waals surface area contributed by atoms with Gasteiger partial charge < -0.3 is 0 Å². The minimum absolute atomic E-state index is 0.373. The molecular formula is C8H7Cl2NO2S. The van der Waals surface area contributed by atoms with Crippen molar-refractivity contribution in [3.8, 4) is 0 Å². The third-order valence-electron chi connectivity index (χ3n) is 1.40. The highest BCUT2D eigenvalue weighted by molar-refractivity contribution is 7.92. The zero-order valence-corrected chi connectivity index (χ0v) is 9.27. The van der Waals surface area contributed by atoms with Crippen LogP contribution in [0.1, 0.15) is 5.56 Å². The molecule has 0 spiro atoms. The van der Waals surface area contributed by atoms with Crippen LogP contribution >= 0.6 is 23.2 Å². The molecule has 76 valence electrons. The molecule has 1 aromatic carbocycles. The molecular weight excluding hydrogens is 245 g/mol. The molecule has 1 aromatic rings. The summed E-state index contributed by atoms with van der Waals surface area (Å²) in [4.78, 5) is 0. The van der Waals surface area contributed by atoms with E-state index in [-0.39, 0.29) is 0 Å². The van der Waals surface area contributed by atoms with E-state index >= 15 is 0 Å². The van der Waals surface area contributed by atoms with Crippen molar-refractivity contribution < 1.29 is 8.42 Å². The second kappa shape index (κ2) is 4.31. The highest BCUT2D eigenvalue weighted by Crippen LogP contribution is 2.21. The van der Waals surface area contributed by atoms with E-state index in [9.17, 15) is 8.42 Å². The van der Waals surface area contributed by atoms with Crippen molar-refractivity contribution in [2.45, 2.75) is 0 Å². The first kappa shape index (κ1) is 11.5. The van der Waals surface area contributed by atoms with Gasteiger partial charge in [-0.05, 0) is 23.8 Å². The summed E-state index contributed by atoms with van der Waals surface area (Å²) in [5, 5.41) is 6.52. The lowest BCUT2D eigenvalue weighted by Gasteiger charge is -1.97. The molecule has 0 aliphatic heterocycles. The quantitative estimate of drug-likeness (QED) is 0.877. The van der Waals surface area contributed by atoms with E-state index in [1.807, 2.05) is 0 Å². The summed E-state index contributed by atoms with van der Waals surface area (Å²) in [6.07, 6.45) is 1.31. The van der Waals surface area contributed by atoms with Crippen molar-refractivity contribution in [3.05, 3.63) is 39.2 Å². The van der Waals surface area contributed by atoms with Gasteiger partial charge in [0.15, 0.2) is 0 Å². The molecule has 0 radical (unpaired) electrons. The summed E-state index contributed by atoms with van der Waals surface area (Å²) in [5.74, 6) is 0. The van der Waals surface area contributed by atoms with Crippen LogP contribution in [-0.2, 0) is 10.0 Å². The Bertz CT molecular complexity index is 468. The van der Waals surface area contributed by atoms with E-state index in [1.165, 1.54) is 12.1 Å². The maximum Gasteiger partial charge on any atom is 0.231 e. The van der Waals surface area contributed by atoms with E-state index in [0.29, 0.717) is 15.6 Å². The molecule has 0 saturated heterocycles. The fourth-order valence-corrected chi connectivity index (χ4v) is 1.61. The molecule has 0 bridgehead atoms. The lowest BCUT2D eigenvalue weighted by atomic mass is 10.2. The number of halogens is 2. The average Bonchev–Trinajstić information content (AvgIpc) is 2.00. The molecule has 0 heterocycles. The highest BCUT2D eigenvalue weighted by Gasteiger charge is 1.99. The van der Waals surface area contributed by atoms with Gasteiger partial charge >= 0.3 is 0 Å². The minimum Gasteiger partial charge on any atom is -0.225 e. The van der Waals surface area contributed by atoms with Crippen LogP contribution in [0.2, 0.25) is 10.0 Å². The standard InChI is InChI=1S/C8H7Cl2NO2S/c9-7-2-1-6(8(10)5-7)3-4-14(11,12)13/h1-5H,(H2,11,12,13). The van der Waals surface area contributed by atoms with Crippen molar-refractivity contribution >= 4 is 39.3 Å². The maximum atomic E-state index is 10.6. The van der Waals surface area contributed by atoms with Crippen molar-refractivity contribution in [3.63, 3.8) is 0 Å². The Morgan fingerprint density at radius 1 is 1.29 bits per heavy atom. The number of rotatable bonds is 2. The Labute approximate surface area is 92.2 Å². The molecule has 14 heavy (non-hydrogen) atoms. The van der Waals surface area contributed by atoms with Gasteiger partial charge in [0.1, 0.15) is 0 Å². The monoisotopic (exact) mass is 251 g/mol. The van der Waals surface area contributed by atoms with Gasteiger partial charge in [0.2, 0.25) is 10.0 Å². The van der Waals surface area contributed by atoms with Gasteiger partial charge in [0.05, 0.1) is 0 Å². The van der Waals surface area contributed by atoms with E-state index < -0.39 is 10.0 Å². The largest absolute Gasteiger partial charge is 0.231 e. The van der Waals surface area contributed by atoms with E-state index in [1.54, 1.807) is 12.1 Å². The first-order chi connectivity index (χ1) is 6.38. The first-order valence-electron chi connectivity index (χ1n) is 3.54. The van der Waals surface area contributed by atoms with Gasteiger partial charge in [-0.1, -0.05) is 29.3 Å². The molecule has 2 N–H and O–H groups in total. The maximum absolute atomic E-state index is 10.6. The van der Waals surface area contributed by atoms with Crippen LogP contribution in [0.25, 0.3) is 6.08 Å². The van der Waals surface area contributed by atoms with Gasteiger partial charge in [0, 0.05) is 15.5 Å². The van der Waals surface area contributed by atoms with Crippen LogP contribution in [0.5, 0.6) is 0 Å². The Morgan fingerprint density at radius 3 is 2.43 bits per heavy atom. The molecule has 0 aromatic heterocycles. The molecule has 0 atom stereocenters. The Hall–Kier alpha value is -0.550. The van der Waals surface area contributed by atoms with E-state index in [4.69, 9.17) is 28.3 Å². The smallest absolute Gasteiger partial charge is 0.225 e. The minimum atomic E-state index is -3.62. The van der Waals surface area contributed by atoms with Crippen LogP contribution in [0.4, 0.5) is 0 Å². The number of benzene rings is 1. The molecule has 3 nitrogen and oxygen atoms in total. The molecule has 6 heteroatoms. The van der Waals surface area contributed by atoms with Crippen LogP contribution in [0, 0.1) is 0 Å². The van der Waals surface area contributed by atoms with Gasteiger partial charge in [-0.25, -0.2) is 13.6 Å². The molecule has 0 aliphatic rings. The zero-order valence-electron chi connectivity index (χ0n) is 6.94. The second-order valence-electron chi connectivity index (χ2n) is 2.56. The van der Waals surface area contributed by atoms with Gasteiger partial charge in [0.25, 0.3) is 0 Å². The molecule has 0 saturated carbocycles. The lowest BCUT2D eigenvalue weighted by molar-refractivity contribution is 0.606. The number of primary sulfonamides is 1. The lowest BCUT2D eigenvalue weighted by Crippen LogP contribution is -2.06. The predicted octanol–water partition coefficient (Wildman–Crippen LogP) is 2.25. The fraction of sp³-hybridized carbons (Fsp3) is 0. The molecule has 0 aliphatic carbocycles. The SMILES string of the molecule is NS(=O)(=O)C=Cc1ccc(Cl)cc1Cl. The predicted molar refractivity (Wildman–Crippen MR) is 58.6 cm³/mol. The van der Waals surface area contributed by atoms with Crippen LogP contribution < -0.4 is 5.14 Å². The van der Waals surface area contributed by atoms with Gasteiger partial charge in [-0.3, -0.25) is 0 Å². The number of hydrogen-bond donors (Lipinski definition) is 1. The van der Waals surface area contributed by atoms with Crippen molar-refractivity contribution in [1.29, 1.82) is 0 Å². The third-order valence-corrected chi connectivity index (χ3v) is 2.48. The highest BCUT2D eigenvalue weighted by atomic mass is 35.5. The summed E-state index contributed by atoms with van der Waals surface area (Å²) < 4.78 is 21.2. The van der Waals surface area contributed by atoms with Crippen molar-refractivity contribution in [2.75, 3.05) is 0 Å².